The fourth-order valence-corrected chi connectivity index (χ4v) is 2.28. The second-order valence-electron chi connectivity index (χ2n) is 4.76. The van der Waals surface area contributed by atoms with Crippen LogP contribution < -0.4 is 0 Å². The molecule has 15 heavy (non-hydrogen) atoms. The van der Waals surface area contributed by atoms with Gasteiger partial charge in [0.25, 0.3) is 0 Å². The van der Waals surface area contributed by atoms with Crippen molar-refractivity contribution in [2.24, 2.45) is 5.92 Å². The van der Waals surface area contributed by atoms with Gasteiger partial charge in [0.2, 0.25) is 0 Å². The third-order valence-corrected chi connectivity index (χ3v) is 3.49. The molecule has 2 rings (SSSR count). The molecule has 0 heterocycles. The molecule has 2 unspecified atom stereocenters. The average molecular weight is 202 g/mol. The molecule has 1 nitrogen and oxygen atoms in total. The van der Waals surface area contributed by atoms with Gasteiger partial charge < -0.3 is 0 Å². The van der Waals surface area contributed by atoms with E-state index in [1.165, 1.54) is 11.1 Å². The standard InChI is InChI=1S/C14H18O/c1-10-3-6-12(7-4-10)13-8-5-11(2)14(15)9-13/h3-4,6-7,11,13H,5,8-9H2,1-2H3. The van der Waals surface area contributed by atoms with E-state index in [1.807, 2.05) is 6.92 Å². The van der Waals surface area contributed by atoms with E-state index < -0.39 is 0 Å². The summed E-state index contributed by atoms with van der Waals surface area (Å²) in [5, 5.41) is 0. The molecule has 2 atom stereocenters. The quantitative estimate of drug-likeness (QED) is 0.681. The van der Waals surface area contributed by atoms with Crippen molar-refractivity contribution < 1.29 is 4.79 Å². The largest absolute Gasteiger partial charge is 0.299 e. The minimum atomic E-state index is 0.284. The zero-order valence-electron chi connectivity index (χ0n) is 9.49. The lowest BCUT2D eigenvalue weighted by Crippen LogP contribution is -2.21. The Labute approximate surface area is 91.5 Å². The molecule has 0 aliphatic heterocycles. The van der Waals surface area contributed by atoms with Crippen LogP contribution in [-0.4, -0.2) is 5.78 Å². The van der Waals surface area contributed by atoms with Crippen LogP contribution in [0.4, 0.5) is 0 Å². The number of rotatable bonds is 1. The number of carbonyl (C=O) groups excluding carboxylic acids is 1. The van der Waals surface area contributed by atoms with Crippen LogP contribution in [0.1, 0.15) is 43.2 Å². The van der Waals surface area contributed by atoms with E-state index in [-0.39, 0.29) is 5.92 Å². The summed E-state index contributed by atoms with van der Waals surface area (Å²) in [7, 11) is 0. The Kier molecular flexibility index (Phi) is 2.90. The Morgan fingerprint density at radius 3 is 2.40 bits per heavy atom. The van der Waals surface area contributed by atoms with Gasteiger partial charge in [0.05, 0.1) is 0 Å². The molecular weight excluding hydrogens is 184 g/mol. The van der Waals surface area contributed by atoms with Gasteiger partial charge in [0, 0.05) is 12.3 Å². The van der Waals surface area contributed by atoms with Crippen LogP contribution in [0.25, 0.3) is 0 Å². The first-order valence-corrected chi connectivity index (χ1v) is 5.76. The van der Waals surface area contributed by atoms with Gasteiger partial charge in [-0.05, 0) is 31.2 Å². The van der Waals surface area contributed by atoms with Gasteiger partial charge in [-0.1, -0.05) is 36.8 Å². The van der Waals surface area contributed by atoms with Crippen molar-refractivity contribution in [3.63, 3.8) is 0 Å². The summed E-state index contributed by atoms with van der Waals surface area (Å²) in [6.07, 6.45) is 2.96. The van der Waals surface area contributed by atoms with Gasteiger partial charge in [0.1, 0.15) is 5.78 Å². The van der Waals surface area contributed by atoms with Gasteiger partial charge >= 0.3 is 0 Å². The molecule has 1 aromatic rings. The van der Waals surface area contributed by atoms with Crippen LogP contribution in [-0.2, 0) is 4.79 Å². The SMILES string of the molecule is Cc1ccc(C2CCC(C)C(=O)C2)cc1. The number of hydrogen-bond donors (Lipinski definition) is 0. The maximum atomic E-state index is 11.6. The Morgan fingerprint density at radius 1 is 1.13 bits per heavy atom. The third kappa shape index (κ3) is 2.28. The predicted molar refractivity (Wildman–Crippen MR) is 61.9 cm³/mol. The molecular formula is C14H18O. The summed E-state index contributed by atoms with van der Waals surface area (Å²) in [5.74, 6) is 1.19. The van der Waals surface area contributed by atoms with E-state index in [4.69, 9.17) is 0 Å². The number of ketones is 1. The zero-order valence-corrected chi connectivity index (χ0v) is 9.49. The van der Waals surface area contributed by atoms with E-state index in [0.29, 0.717) is 11.7 Å². The Balaban J connectivity index is 2.12. The number of aryl methyl sites for hydroxylation is 1. The second-order valence-corrected chi connectivity index (χ2v) is 4.76. The van der Waals surface area contributed by atoms with Crippen LogP contribution in [0, 0.1) is 12.8 Å². The fourth-order valence-electron chi connectivity index (χ4n) is 2.28. The van der Waals surface area contributed by atoms with Gasteiger partial charge in [-0.15, -0.1) is 0 Å². The Hall–Kier alpha value is -1.11. The minimum Gasteiger partial charge on any atom is -0.299 e. The molecule has 1 fully saturated rings. The molecule has 0 N–H and O–H groups in total. The highest BCUT2D eigenvalue weighted by atomic mass is 16.1. The zero-order chi connectivity index (χ0) is 10.8. The first kappa shape index (κ1) is 10.4. The summed E-state index contributed by atoms with van der Waals surface area (Å²) in [6, 6.07) is 8.61. The maximum absolute atomic E-state index is 11.6. The van der Waals surface area contributed by atoms with Crippen molar-refractivity contribution in [3.8, 4) is 0 Å². The van der Waals surface area contributed by atoms with Gasteiger partial charge in [0.15, 0.2) is 0 Å². The minimum absolute atomic E-state index is 0.284. The van der Waals surface area contributed by atoms with E-state index in [0.717, 1.165) is 19.3 Å². The van der Waals surface area contributed by atoms with Crippen LogP contribution in [0.3, 0.4) is 0 Å². The lowest BCUT2D eigenvalue weighted by molar-refractivity contribution is -0.124. The monoisotopic (exact) mass is 202 g/mol. The lowest BCUT2D eigenvalue weighted by atomic mass is 9.78. The lowest BCUT2D eigenvalue weighted by Gasteiger charge is -2.25. The normalized spacial score (nSPS) is 26.7. The van der Waals surface area contributed by atoms with Crippen molar-refractivity contribution in [3.05, 3.63) is 35.4 Å². The molecule has 0 radical (unpaired) electrons. The van der Waals surface area contributed by atoms with Crippen molar-refractivity contribution in [2.75, 3.05) is 0 Å². The van der Waals surface area contributed by atoms with Crippen molar-refractivity contribution in [1.29, 1.82) is 0 Å². The van der Waals surface area contributed by atoms with Gasteiger partial charge in [-0.2, -0.15) is 0 Å². The summed E-state index contributed by atoms with van der Waals surface area (Å²) in [6.45, 7) is 4.14. The fraction of sp³-hybridized carbons (Fsp3) is 0.500. The Bertz CT molecular complexity index is 350. The number of carbonyl (C=O) groups is 1. The number of benzene rings is 1. The van der Waals surface area contributed by atoms with Gasteiger partial charge in [-0.3, -0.25) is 4.79 Å². The first-order valence-electron chi connectivity index (χ1n) is 5.76. The van der Waals surface area contributed by atoms with Crippen molar-refractivity contribution in [1.82, 2.24) is 0 Å². The molecule has 1 aromatic carbocycles. The first-order chi connectivity index (χ1) is 7.16. The van der Waals surface area contributed by atoms with Crippen LogP contribution >= 0.6 is 0 Å². The third-order valence-electron chi connectivity index (χ3n) is 3.49. The van der Waals surface area contributed by atoms with Crippen LogP contribution in [0.5, 0.6) is 0 Å². The Morgan fingerprint density at radius 2 is 1.80 bits per heavy atom. The molecule has 1 heteroatoms. The van der Waals surface area contributed by atoms with E-state index in [2.05, 4.69) is 31.2 Å². The van der Waals surface area contributed by atoms with E-state index in [1.54, 1.807) is 0 Å². The average Bonchev–Trinajstić information content (AvgIpc) is 2.23. The molecule has 0 amide bonds. The van der Waals surface area contributed by atoms with E-state index in [9.17, 15) is 4.79 Å². The highest BCUT2D eigenvalue weighted by Gasteiger charge is 2.25. The molecule has 0 bridgehead atoms. The summed E-state index contributed by atoms with van der Waals surface area (Å²) >= 11 is 0. The van der Waals surface area contributed by atoms with Crippen molar-refractivity contribution >= 4 is 5.78 Å². The number of Topliss-reactive ketones (excluding diaryl/α,β-unsaturated/α-hetero) is 1. The van der Waals surface area contributed by atoms with Crippen molar-refractivity contribution in [2.45, 2.75) is 39.0 Å². The molecule has 0 saturated heterocycles. The molecule has 80 valence electrons. The van der Waals surface area contributed by atoms with Gasteiger partial charge in [-0.25, -0.2) is 0 Å². The molecule has 0 spiro atoms. The second kappa shape index (κ2) is 4.18. The summed E-state index contributed by atoms with van der Waals surface area (Å²) < 4.78 is 0. The maximum Gasteiger partial charge on any atom is 0.136 e. The molecule has 1 aliphatic carbocycles. The number of hydrogen-bond acceptors (Lipinski definition) is 1. The smallest absolute Gasteiger partial charge is 0.136 e. The molecule has 0 aromatic heterocycles. The van der Waals surface area contributed by atoms with Crippen LogP contribution in [0.15, 0.2) is 24.3 Å². The van der Waals surface area contributed by atoms with Crippen LogP contribution in [0.2, 0.25) is 0 Å². The summed E-state index contributed by atoms with van der Waals surface area (Å²) in [4.78, 5) is 11.6. The highest BCUT2D eigenvalue weighted by Crippen LogP contribution is 2.33. The summed E-state index contributed by atoms with van der Waals surface area (Å²) in [5.41, 5.74) is 2.62. The topological polar surface area (TPSA) is 17.1 Å². The predicted octanol–water partition coefficient (Wildman–Crippen LogP) is 3.47. The molecule has 1 aliphatic rings. The van der Waals surface area contributed by atoms with E-state index >= 15 is 0 Å². The molecule has 1 saturated carbocycles. The highest BCUT2D eigenvalue weighted by molar-refractivity contribution is 5.82.